The average molecular weight is 483 g/mol. The largest absolute Gasteiger partial charge is 0.465 e. The Hall–Kier alpha value is -4.35. The Balaban J connectivity index is 1.66. The van der Waals surface area contributed by atoms with E-state index in [1.807, 2.05) is 13.8 Å². The van der Waals surface area contributed by atoms with Gasteiger partial charge in [-0.05, 0) is 12.0 Å². The number of carbonyl (C=O) groups excluding carboxylic acids is 2. The molecule has 4 rings (SSSR count). The first-order chi connectivity index (χ1) is 16.8. The maximum atomic E-state index is 14.7. The van der Waals surface area contributed by atoms with E-state index >= 15 is 0 Å². The topological polar surface area (TPSA) is 126 Å². The highest BCUT2D eigenvalue weighted by Crippen LogP contribution is 2.32. The van der Waals surface area contributed by atoms with Gasteiger partial charge in [0.1, 0.15) is 23.5 Å². The Kier molecular flexibility index (Phi) is 6.71. The van der Waals surface area contributed by atoms with Crippen LogP contribution in [-0.4, -0.2) is 50.1 Å². The second kappa shape index (κ2) is 9.87. The summed E-state index contributed by atoms with van der Waals surface area (Å²) in [5.74, 6) is -3.12. The highest BCUT2D eigenvalue weighted by molar-refractivity contribution is 5.97. The summed E-state index contributed by atoms with van der Waals surface area (Å²) in [5.41, 5.74) is 1.62. The summed E-state index contributed by atoms with van der Waals surface area (Å²) in [6.45, 7) is 3.98. The lowest BCUT2D eigenvalue weighted by atomic mass is 10.00. The molecule has 1 aromatic carbocycles. The number of fused-ring (bicyclic) bond motifs is 1. The number of esters is 1. The summed E-state index contributed by atoms with van der Waals surface area (Å²) >= 11 is 0. The first kappa shape index (κ1) is 23.8. The van der Waals surface area contributed by atoms with E-state index in [1.54, 1.807) is 6.20 Å². The van der Waals surface area contributed by atoms with Crippen LogP contribution in [0.2, 0.25) is 0 Å². The van der Waals surface area contributed by atoms with Gasteiger partial charge in [-0.25, -0.2) is 28.1 Å². The fourth-order valence-corrected chi connectivity index (χ4v) is 3.76. The van der Waals surface area contributed by atoms with E-state index in [9.17, 15) is 18.4 Å². The first-order valence-electron chi connectivity index (χ1n) is 10.8. The van der Waals surface area contributed by atoms with Gasteiger partial charge in [-0.15, -0.1) is 0 Å². The number of imidazole rings is 1. The number of H-pyrrole nitrogens is 1. The second-order valence-electron chi connectivity index (χ2n) is 8.02. The molecule has 0 unspecified atom stereocenters. The summed E-state index contributed by atoms with van der Waals surface area (Å²) in [4.78, 5) is 35.9. The summed E-state index contributed by atoms with van der Waals surface area (Å²) in [7, 11) is 1.27. The number of halogens is 2. The molecule has 0 bridgehead atoms. The molecule has 182 valence electrons. The zero-order valence-electron chi connectivity index (χ0n) is 19.2. The van der Waals surface area contributed by atoms with Crippen LogP contribution in [-0.2, 0) is 11.2 Å². The molecule has 0 atom stereocenters. The lowest BCUT2D eigenvalue weighted by Crippen LogP contribution is -2.27. The number of nitrogens with zero attached hydrogens (tertiary/aromatic N) is 4. The van der Waals surface area contributed by atoms with Crippen LogP contribution in [0.15, 0.2) is 37.2 Å². The van der Waals surface area contributed by atoms with Gasteiger partial charge in [0.25, 0.3) is 5.91 Å². The molecule has 3 heterocycles. The maximum Gasteiger partial charge on any atom is 0.339 e. The minimum atomic E-state index is -1.00. The molecule has 3 aromatic heterocycles. The molecule has 3 N–H and O–H groups in total. The van der Waals surface area contributed by atoms with Crippen LogP contribution in [0.1, 0.15) is 51.7 Å². The van der Waals surface area contributed by atoms with E-state index in [-0.39, 0.29) is 29.5 Å². The van der Waals surface area contributed by atoms with Crippen LogP contribution in [0.5, 0.6) is 0 Å². The van der Waals surface area contributed by atoms with Gasteiger partial charge >= 0.3 is 5.97 Å². The van der Waals surface area contributed by atoms with Gasteiger partial charge in [0.2, 0.25) is 0 Å². The van der Waals surface area contributed by atoms with Crippen molar-refractivity contribution in [2.45, 2.75) is 26.2 Å². The molecule has 10 nitrogen and oxygen atoms in total. The number of carbonyl (C=O) groups is 2. The van der Waals surface area contributed by atoms with Gasteiger partial charge in [-0.3, -0.25) is 4.79 Å². The number of aromatic nitrogens is 5. The van der Waals surface area contributed by atoms with Gasteiger partial charge in [0, 0.05) is 42.7 Å². The van der Waals surface area contributed by atoms with Crippen molar-refractivity contribution in [1.29, 1.82) is 0 Å². The highest BCUT2D eigenvalue weighted by Gasteiger charge is 2.24. The number of anilines is 2. The van der Waals surface area contributed by atoms with Gasteiger partial charge in [0.15, 0.2) is 5.82 Å². The predicted octanol–water partition coefficient (Wildman–Crippen LogP) is 3.36. The lowest BCUT2D eigenvalue weighted by Gasteiger charge is -2.13. The fourth-order valence-electron chi connectivity index (χ4n) is 3.76. The molecular formula is C23H23F2N7O3. The molecule has 0 radical (unpaired) electrons. The Bertz CT molecular complexity index is 1380. The zero-order chi connectivity index (χ0) is 25.1. The Morgan fingerprint density at radius 3 is 2.69 bits per heavy atom. The molecular weight excluding hydrogens is 460 g/mol. The molecule has 1 amide bonds. The van der Waals surface area contributed by atoms with E-state index < -0.39 is 23.5 Å². The predicted molar refractivity (Wildman–Crippen MR) is 123 cm³/mol. The van der Waals surface area contributed by atoms with Crippen molar-refractivity contribution in [3.8, 4) is 0 Å². The number of nitrogens with one attached hydrogen (secondary N) is 3. The first-order valence-corrected chi connectivity index (χ1v) is 10.8. The van der Waals surface area contributed by atoms with Crippen LogP contribution < -0.4 is 10.6 Å². The Labute approximate surface area is 198 Å². The molecule has 0 aliphatic rings. The smallest absolute Gasteiger partial charge is 0.339 e. The van der Waals surface area contributed by atoms with Gasteiger partial charge < -0.3 is 20.4 Å². The zero-order valence-corrected chi connectivity index (χ0v) is 19.2. The third-order valence-electron chi connectivity index (χ3n) is 5.38. The van der Waals surface area contributed by atoms with Crippen LogP contribution >= 0.6 is 0 Å². The van der Waals surface area contributed by atoms with Crippen molar-refractivity contribution in [2.24, 2.45) is 0 Å². The van der Waals surface area contributed by atoms with E-state index in [1.165, 1.54) is 30.5 Å². The van der Waals surface area contributed by atoms with Gasteiger partial charge in [0.05, 0.1) is 30.3 Å². The molecule has 0 saturated carbocycles. The number of ether oxygens (including phenoxy) is 1. The highest BCUT2D eigenvalue weighted by atomic mass is 19.1. The van der Waals surface area contributed by atoms with Crippen molar-refractivity contribution >= 4 is 28.9 Å². The van der Waals surface area contributed by atoms with E-state index in [4.69, 9.17) is 4.74 Å². The number of rotatable bonds is 8. The maximum absolute atomic E-state index is 14.7. The number of aromatic amines is 1. The molecule has 0 saturated heterocycles. The second-order valence-corrected chi connectivity index (χ2v) is 8.02. The van der Waals surface area contributed by atoms with Crippen molar-refractivity contribution in [1.82, 2.24) is 29.9 Å². The van der Waals surface area contributed by atoms with Crippen molar-refractivity contribution in [3.63, 3.8) is 0 Å². The molecule has 0 spiro atoms. The Morgan fingerprint density at radius 2 is 2.00 bits per heavy atom. The van der Waals surface area contributed by atoms with Crippen molar-refractivity contribution < 1.29 is 23.1 Å². The van der Waals surface area contributed by atoms with Crippen LogP contribution in [0, 0.1) is 11.6 Å². The molecule has 0 aliphatic carbocycles. The number of amides is 1. The lowest BCUT2D eigenvalue weighted by molar-refractivity contribution is 0.0599. The molecule has 35 heavy (non-hydrogen) atoms. The fraction of sp³-hybridized carbons (Fsp3) is 0.261. The van der Waals surface area contributed by atoms with E-state index in [2.05, 4.69) is 30.7 Å². The summed E-state index contributed by atoms with van der Waals surface area (Å²) in [6.07, 6.45) is 6.33. The number of benzene rings is 1. The minimum absolute atomic E-state index is 0.130. The summed E-state index contributed by atoms with van der Waals surface area (Å²) < 4.78 is 35.4. The van der Waals surface area contributed by atoms with E-state index in [0.717, 1.165) is 11.8 Å². The standard InChI is InChI=1S/C23H23F2N7O3/c1-12(2)19-15(23(34)35-3)9-32-20(19)21(29-11-30-32)31-18-6-14(16(24)7-17(18)25)22(33)27-5-4-13-8-26-10-28-13/h6-12H,4-5H2,1-3H3,(H,26,28)(H,27,33)(H,29,30,31). The molecule has 0 fully saturated rings. The Morgan fingerprint density at radius 1 is 1.20 bits per heavy atom. The normalized spacial score (nSPS) is 11.1. The average Bonchev–Trinajstić information content (AvgIpc) is 3.48. The van der Waals surface area contributed by atoms with Gasteiger partial charge in [-0.1, -0.05) is 13.8 Å². The van der Waals surface area contributed by atoms with Crippen LogP contribution in [0.3, 0.4) is 0 Å². The number of hydrogen-bond acceptors (Lipinski definition) is 7. The SMILES string of the molecule is COC(=O)c1cn2ncnc(Nc3cc(C(=O)NCCc4cnc[nH]4)c(F)cc3F)c2c1C(C)C. The third-order valence-corrected chi connectivity index (χ3v) is 5.38. The monoisotopic (exact) mass is 483 g/mol. The summed E-state index contributed by atoms with van der Waals surface area (Å²) in [5, 5.41) is 9.56. The quantitative estimate of drug-likeness (QED) is 0.328. The van der Waals surface area contributed by atoms with Crippen LogP contribution in [0.25, 0.3) is 5.52 Å². The van der Waals surface area contributed by atoms with Crippen molar-refractivity contribution in [2.75, 3.05) is 19.0 Å². The summed E-state index contributed by atoms with van der Waals surface area (Å²) in [6, 6.07) is 1.71. The van der Waals surface area contributed by atoms with Gasteiger partial charge in [-0.2, -0.15) is 5.10 Å². The molecule has 0 aliphatic heterocycles. The van der Waals surface area contributed by atoms with Crippen LogP contribution in [0.4, 0.5) is 20.3 Å². The third kappa shape index (κ3) is 4.81. The number of hydrogen-bond donors (Lipinski definition) is 3. The van der Waals surface area contributed by atoms with Crippen molar-refractivity contribution in [3.05, 3.63) is 71.2 Å². The number of methoxy groups -OCH3 is 1. The van der Waals surface area contributed by atoms with E-state index in [0.29, 0.717) is 29.1 Å². The minimum Gasteiger partial charge on any atom is -0.465 e. The molecule has 12 heteroatoms. The molecule has 4 aromatic rings.